The minimum absolute atomic E-state index is 0.120. The van der Waals surface area contributed by atoms with Crippen molar-refractivity contribution in [1.82, 2.24) is 0 Å². The molecular weight excluding hydrogens is 180 g/mol. The Morgan fingerprint density at radius 2 is 2.36 bits per heavy atom. The summed E-state index contributed by atoms with van der Waals surface area (Å²) in [4.78, 5) is 0. The van der Waals surface area contributed by atoms with Gasteiger partial charge in [0.05, 0.1) is 19.6 Å². The van der Waals surface area contributed by atoms with E-state index in [4.69, 9.17) is 15.7 Å². The van der Waals surface area contributed by atoms with E-state index in [0.717, 1.165) is 0 Å². The summed E-state index contributed by atoms with van der Waals surface area (Å²) in [6.45, 7) is 0. The number of methoxy groups -OCH3 is 1. The van der Waals surface area contributed by atoms with E-state index in [1.807, 2.05) is 6.07 Å². The van der Waals surface area contributed by atoms with Crippen LogP contribution in [0.5, 0.6) is 11.5 Å². The third kappa shape index (κ3) is 2.15. The molecule has 0 aromatic heterocycles. The number of aromatic hydroxyl groups is 1. The molecule has 0 heterocycles. The quantitative estimate of drug-likeness (QED) is 0.756. The molecule has 0 saturated heterocycles. The van der Waals surface area contributed by atoms with E-state index >= 15 is 0 Å². The molecule has 0 aliphatic carbocycles. The van der Waals surface area contributed by atoms with Crippen molar-refractivity contribution in [2.45, 2.75) is 12.5 Å². The average Bonchev–Trinajstić information content (AvgIpc) is 2.18. The smallest absolute Gasteiger partial charge is 0.123 e. The Balaban J connectivity index is 3.04. The SMILES string of the molecule is COc1ccc(O)cc1C(N)CC#N. The third-order valence-corrected chi connectivity index (χ3v) is 1.92. The lowest BCUT2D eigenvalue weighted by atomic mass is 10.0. The molecule has 0 aliphatic rings. The number of hydrogen-bond donors (Lipinski definition) is 2. The monoisotopic (exact) mass is 192 g/mol. The molecule has 0 spiro atoms. The maximum atomic E-state index is 9.26. The van der Waals surface area contributed by atoms with E-state index < -0.39 is 6.04 Å². The molecule has 1 aromatic carbocycles. The van der Waals surface area contributed by atoms with Gasteiger partial charge in [-0.2, -0.15) is 5.26 Å². The molecule has 0 amide bonds. The number of nitrogens with zero attached hydrogens (tertiary/aromatic N) is 1. The molecule has 4 nitrogen and oxygen atoms in total. The van der Waals surface area contributed by atoms with Crippen LogP contribution in [0.15, 0.2) is 18.2 Å². The fraction of sp³-hybridized carbons (Fsp3) is 0.300. The van der Waals surface area contributed by atoms with Crippen molar-refractivity contribution in [2.24, 2.45) is 5.73 Å². The van der Waals surface area contributed by atoms with E-state index in [-0.39, 0.29) is 12.2 Å². The van der Waals surface area contributed by atoms with Gasteiger partial charge >= 0.3 is 0 Å². The van der Waals surface area contributed by atoms with Gasteiger partial charge in [0.1, 0.15) is 11.5 Å². The van der Waals surface area contributed by atoms with Gasteiger partial charge in [-0.1, -0.05) is 0 Å². The third-order valence-electron chi connectivity index (χ3n) is 1.92. The highest BCUT2D eigenvalue weighted by atomic mass is 16.5. The Morgan fingerprint density at radius 3 is 2.93 bits per heavy atom. The van der Waals surface area contributed by atoms with Gasteiger partial charge in [0.15, 0.2) is 0 Å². The first kappa shape index (κ1) is 10.4. The lowest BCUT2D eigenvalue weighted by molar-refractivity contribution is 0.402. The fourth-order valence-corrected chi connectivity index (χ4v) is 1.22. The molecule has 1 atom stereocenters. The molecule has 4 heteroatoms. The number of benzene rings is 1. The highest BCUT2D eigenvalue weighted by Crippen LogP contribution is 2.28. The van der Waals surface area contributed by atoms with Gasteiger partial charge in [0.25, 0.3) is 0 Å². The summed E-state index contributed by atoms with van der Waals surface area (Å²) in [5, 5.41) is 17.8. The standard InChI is InChI=1S/C10H12N2O2/c1-14-10-3-2-7(13)6-8(10)9(12)4-5-11/h2-3,6,9,13H,4,12H2,1H3. The van der Waals surface area contributed by atoms with Crippen molar-refractivity contribution >= 4 is 0 Å². The lowest BCUT2D eigenvalue weighted by Crippen LogP contribution is -2.10. The summed E-state index contributed by atoms with van der Waals surface area (Å²) in [7, 11) is 1.52. The minimum Gasteiger partial charge on any atom is -0.508 e. The fourth-order valence-electron chi connectivity index (χ4n) is 1.22. The summed E-state index contributed by atoms with van der Waals surface area (Å²) in [5.74, 6) is 0.708. The number of rotatable bonds is 3. The van der Waals surface area contributed by atoms with E-state index in [9.17, 15) is 5.11 Å². The predicted molar refractivity (Wildman–Crippen MR) is 51.8 cm³/mol. The Bertz CT molecular complexity index is 358. The zero-order valence-corrected chi connectivity index (χ0v) is 7.90. The van der Waals surface area contributed by atoms with Gasteiger partial charge < -0.3 is 15.6 Å². The Kier molecular flexibility index (Phi) is 3.32. The van der Waals surface area contributed by atoms with Crippen molar-refractivity contribution in [3.05, 3.63) is 23.8 Å². The normalized spacial score (nSPS) is 11.8. The summed E-state index contributed by atoms with van der Waals surface area (Å²) < 4.78 is 5.07. The van der Waals surface area contributed by atoms with Crippen molar-refractivity contribution in [3.8, 4) is 17.6 Å². The number of nitrogens with two attached hydrogens (primary N) is 1. The first-order valence-corrected chi connectivity index (χ1v) is 4.18. The van der Waals surface area contributed by atoms with Gasteiger partial charge in [0, 0.05) is 11.6 Å². The number of phenols is 1. The lowest BCUT2D eigenvalue weighted by Gasteiger charge is -2.12. The summed E-state index contributed by atoms with van der Waals surface area (Å²) in [6.07, 6.45) is 0.194. The number of nitriles is 1. The molecule has 0 bridgehead atoms. The summed E-state index contributed by atoms with van der Waals surface area (Å²) >= 11 is 0. The van der Waals surface area contributed by atoms with E-state index in [2.05, 4.69) is 0 Å². The molecule has 0 radical (unpaired) electrons. The average molecular weight is 192 g/mol. The molecule has 0 fully saturated rings. The van der Waals surface area contributed by atoms with Crippen LogP contribution in [0.4, 0.5) is 0 Å². The summed E-state index contributed by atoms with van der Waals surface area (Å²) in [6, 6.07) is 6.20. The van der Waals surface area contributed by atoms with Crippen LogP contribution in [0.25, 0.3) is 0 Å². The molecule has 3 N–H and O–H groups in total. The first-order chi connectivity index (χ1) is 6.69. The van der Waals surface area contributed by atoms with Crippen LogP contribution in [-0.2, 0) is 0 Å². The Hall–Kier alpha value is -1.73. The molecule has 1 rings (SSSR count). The Labute approximate surface area is 82.5 Å². The van der Waals surface area contributed by atoms with E-state index in [1.54, 1.807) is 6.07 Å². The molecular formula is C10H12N2O2. The molecule has 0 saturated carbocycles. The van der Waals surface area contributed by atoms with Crippen LogP contribution in [0.2, 0.25) is 0 Å². The second-order valence-corrected chi connectivity index (χ2v) is 2.89. The first-order valence-electron chi connectivity index (χ1n) is 4.18. The highest BCUT2D eigenvalue weighted by molar-refractivity contribution is 5.41. The minimum atomic E-state index is -0.429. The second-order valence-electron chi connectivity index (χ2n) is 2.89. The number of ether oxygens (including phenoxy) is 1. The zero-order chi connectivity index (χ0) is 10.6. The van der Waals surface area contributed by atoms with Crippen LogP contribution in [0.1, 0.15) is 18.0 Å². The van der Waals surface area contributed by atoms with Crippen LogP contribution in [0, 0.1) is 11.3 Å². The highest BCUT2D eigenvalue weighted by Gasteiger charge is 2.12. The van der Waals surface area contributed by atoms with Gasteiger partial charge in [0.2, 0.25) is 0 Å². The second kappa shape index (κ2) is 4.49. The van der Waals surface area contributed by atoms with Crippen LogP contribution in [-0.4, -0.2) is 12.2 Å². The molecule has 1 aromatic rings. The predicted octanol–water partition coefficient (Wildman–Crippen LogP) is 1.31. The molecule has 74 valence electrons. The molecule has 0 aliphatic heterocycles. The topological polar surface area (TPSA) is 79.3 Å². The van der Waals surface area contributed by atoms with Crippen LogP contribution in [0.3, 0.4) is 0 Å². The van der Waals surface area contributed by atoms with Crippen molar-refractivity contribution in [1.29, 1.82) is 5.26 Å². The van der Waals surface area contributed by atoms with Crippen LogP contribution < -0.4 is 10.5 Å². The van der Waals surface area contributed by atoms with Crippen molar-refractivity contribution in [2.75, 3.05) is 7.11 Å². The number of hydrogen-bond acceptors (Lipinski definition) is 4. The van der Waals surface area contributed by atoms with Gasteiger partial charge in [-0.15, -0.1) is 0 Å². The maximum absolute atomic E-state index is 9.26. The molecule has 14 heavy (non-hydrogen) atoms. The van der Waals surface area contributed by atoms with Crippen LogP contribution >= 0.6 is 0 Å². The van der Waals surface area contributed by atoms with E-state index in [1.165, 1.54) is 19.2 Å². The zero-order valence-electron chi connectivity index (χ0n) is 7.90. The van der Waals surface area contributed by atoms with Gasteiger partial charge in [-0.25, -0.2) is 0 Å². The largest absolute Gasteiger partial charge is 0.508 e. The molecule has 1 unspecified atom stereocenters. The van der Waals surface area contributed by atoms with E-state index in [0.29, 0.717) is 11.3 Å². The maximum Gasteiger partial charge on any atom is 0.123 e. The van der Waals surface area contributed by atoms with Gasteiger partial charge in [-0.05, 0) is 18.2 Å². The van der Waals surface area contributed by atoms with Crippen molar-refractivity contribution in [3.63, 3.8) is 0 Å². The summed E-state index contributed by atoms with van der Waals surface area (Å²) in [5.41, 5.74) is 6.38. The van der Waals surface area contributed by atoms with Crippen molar-refractivity contribution < 1.29 is 9.84 Å². The Morgan fingerprint density at radius 1 is 1.64 bits per heavy atom. The van der Waals surface area contributed by atoms with Gasteiger partial charge in [-0.3, -0.25) is 0 Å². The number of phenolic OH excluding ortho intramolecular Hbond substituents is 1.